The first-order chi connectivity index (χ1) is 10.2. The Hall–Kier alpha value is -1.92. The summed E-state index contributed by atoms with van der Waals surface area (Å²) in [6.45, 7) is 4.48. The van der Waals surface area contributed by atoms with Crippen molar-refractivity contribution in [2.24, 2.45) is 5.92 Å². The molecule has 21 heavy (non-hydrogen) atoms. The van der Waals surface area contributed by atoms with E-state index in [4.69, 9.17) is 10.2 Å². The summed E-state index contributed by atoms with van der Waals surface area (Å²) in [6, 6.07) is 9.85. The van der Waals surface area contributed by atoms with Crippen LogP contribution in [0.1, 0.15) is 38.7 Å². The fourth-order valence-electron chi connectivity index (χ4n) is 2.71. The van der Waals surface area contributed by atoms with Gasteiger partial charge in [0.05, 0.1) is 21.5 Å². The van der Waals surface area contributed by atoms with Gasteiger partial charge in [-0.05, 0) is 49.8 Å². The van der Waals surface area contributed by atoms with Crippen LogP contribution < -0.4 is 9.88 Å². The number of thiazole rings is 1. The minimum atomic E-state index is 0.617. The number of benzene rings is 1. The lowest BCUT2D eigenvalue weighted by Crippen LogP contribution is -2.25. The summed E-state index contributed by atoms with van der Waals surface area (Å²) in [6.07, 6.45) is 6.00. The Bertz CT molecular complexity index is 806. The second-order valence-electron chi connectivity index (χ2n) is 5.74. The summed E-state index contributed by atoms with van der Waals surface area (Å²) in [5.74, 6) is 0.617. The standard InChI is InChI=1S/C18H18N2S/c1-12-4-3-5-13(2)17-16(10-12)21-18(20-17)15-8-6-14(11-19)7-9-15/h6-10,12H,3-5H2,1-2H3/b16-10?,17-13+. The maximum Gasteiger partial charge on any atom is 0.124 e. The zero-order valence-electron chi connectivity index (χ0n) is 12.4. The van der Waals surface area contributed by atoms with Gasteiger partial charge in [0, 0.05) is 5.56 Å². The van der Waals surface area contributed by atoms with Crippen molar-refractivity contribution >= 4 is 23.0 Å². The molecule has 0 aliphatic heterocycles. The van der Waals surface area contributed by atoms with E-state index in [1.54, 1.807) is 11.3 Å². The molecular weight excluding hydrogens is 276 g/mol. The van der Waals surface area contributed by atoms with E-state index in [2.05, 4.69) is 26.0 Å². The van der Waals surface area contributed by atoms with E-state index in [9.17, 15) is 0 Å². The van der Waals surface area contributed by atoms with Crippen molar-refractivity contribution in [3.05, 3.63) is 39.7 Å². The lowest BCUT2D eigenvalue weighted by Gasteiger charge is -2.08. The number of hydrogen-bond donors (Lipinski definition) is 0. The van der Waals surface area contributed by atoms with Crippen LogP contribution in [0, 0.1) is 17.2 Å². The molecule has 1 aromatic heterocycles. The van der Waals surface area contributed by atoms with Crippen molar-refractivity contribution < 1.29 is 0 Å². The smallest absolute Gasteiger partial charge is 0.124 e. The molecule has 0 spiro atoms. The van der Waals surface area contributed by atoms with E-state index in [1.165, 1.54) is 28.3 Å². The summed E-state index contributed by atoms with van der Waals surface area (Å²) in [5, 5.41) is 11.1. The first-order valence-electron chi connectivity index (χ1n) is 7.36. The maximum absolute atomic E-state index is 8.89. The number of rotatable bonds is 1. The molecule has 0 saturated heterocycles. The molecule has 2 aromatic rings. The van der Waals surface area contributed by atoms with Crippen LogP contribution in [0.2, 0.25) is 0 Å². The molecule has 0 N–H and O–H groups in total. The fraction of sp³-hybridized carbons (Fsp3) is 0.333. The predicted molar refractivity (Wildman–Crippen MR) is 88.1 cm³/mol. The third kappa shape index (κ3) is 2.91. The van der Waals surface area contributed by atoms with Crippen molar-refractivity contribution in [2.45, 2.75) is 33.1 Å². The van der Waals surface area contributed by atoms with E-state index in [1.807, 2.05) is 24.3 Å². The van der Waals surface area contributed by atoms with Crippen LogP contribution in [0.3, 0.4) is 0 Å². The molecule has 1 aliphatic rings. The molecule has 3 rings (SSSR count). The number of fused-ring (bicyclic) bond motifs is 1. The van der Waals surface area contributed by atoms with E-state index in [0.29, 0.717) is 11.5 Å². The quantitative estimate of drug-likeness (QED) is 0.807. The molecule has 1 aliphatic carbocycles. The first-order valence-corrected chi connectivity index (χ1v) is 8.18. The highest BCUT2D eigenvalue weighted by molar-refractivity contribution is 7.13. The van der Waals surface area contributed by atoms with Gasteiger partial charge < -0.3 is 0 Å². The number of nitrogens with zero attached hydrogens (tertiary/aromatic N) is 2. The molecule has 1 unspecified atom stereocenters. The van der Waals surface area contributed by atoms with Crippen molar-refractivity contribution in [3.8, 4) is 16.6 Å². The lowest BCUT2D eigenvalue weighted by molar-refractivity contribution is 0.636. The molecule has 106 valence electrons. The molecule has 3 heteroatoms. The zero-order chi connectivity index (χ0) is 14.8. The predicted octanol–water partition coefficient (Wildman–Crippen LogP) is 3.45. The Morgan fingerprint density at radius 2 is 2.05 bits per heavy atom. The minimum absolute atomic E-state index is 0.617. The number of aromatic nitrogens is 1. The van der Waals surface area contributed by atoms with Crippen molar-refractivity contribution in [1.29, 1.82) is 5.26 Å². The Morgan fingerprint density at radius 3 is 2.76 bits per heavy atom. The molecule has 0 radical (unpaired) electrons. The molecule has 0 saturated carbocycles. The van der Waals surface area contributed by atoms with Gasteiger partial charge in [0.2, 0.25) is 0 Å². The second kappa shape index (κ2) is 5.83. The highest BCUT2D eigenvalue weighted by Gasteiger charge is 2.10. The van der Waals surface area contributed by atoms with E-state index in [0.717, 1.165) is 17.0 Å². The molecule has 0 bridgehead atoms. The van der Waals surface area contributed by atoms with Gasteiger partial charge in [-0.25, -0.2) is 4.98 Å². The summed E-state index contributed by atoms with van der Waals surface area (Å²) < 4.78 is 1.30. The van der Waals surface area contributed by atoms with Crippen LogP contribution in [0.5, 0.6) is 0 Å². The molecule has 1 aromatic carbocycles. The third-order valence-corrected chi connectivity index (χ3v) is 5.04. The first kappa shape index (κ1) is 14.0. The van der Waals surface area contributed by atoms with Gasteiger partial charge in [0.1, 0.15) is 5.01 Å². The van der Waals surface area contributed by atoms with E-state index >= 15 is 0 Å². The summed E-state index contributed by atoms with van der Waals surface area (Å²) in [7, 11) is 0. The molecule has 2 nitrogen and oxygen atoms in total. The second-order valence-corrected chi connectivity index (χ2v) is 6.77. The highest BCUT2D eigenvalue weighted by Crippen LogP contribution is 2.21. The van der Waals surface area contributed by atoms with E-state index < -0.39 is 0 Å². The zero-order valence-corrected chi connectivity index (χ0v) is 13.2. The van der Waals surface area contributed by atoms with Gasteiger partial charge in [0.25, 0.3) is 0 Å². The van der Waals surface area contributed by atoms with Gasteiger partial charge in [-0.15, -0.1) is 11.3 Å². The Kier molecular flexibility index (Phi) is 3.90. The van der Waals surface area contributed by atoms with Crippen LogP contribution in [-0.4, -0.2) is 4.98 Å². The maximum atomic E-state index is 8.89. The highest BCUT2D eigenvalue weighted by atomic mass is 32.1. The average molecular weight is 294 g/mol. The number of hydrogen-bond acceptors (Lipinski definition) is 3. The largest absolute Gasteiger partial charge is 0.236 e. The summed E-state index contributed by atoms with van der Waals surface area (Å²) in [5.41, 5.74) is 3.18. The molecule has 0 fully saturated rings. The van der Waals surface area contributed by atoms with Crippen LogP contribution in [0.15, 0.2) is 24.3 Å². The van der Waals surface area contributed by atoms with Crippen molar-refractivity contribution in [1.82, 2.24) is 4.98 Å². The molecule has 1 atom stereocenters. The van der Waals surface area contributed by atoms with E-state index in [-0.39, 0.29) is 0 Å². The topological polar surface area (TPSA) is 36.7 Å². The van der Waals surface area contributed by atoms with Crippen LogP contribution in [0.25, 0.3) is 22.2 Å². The molecule has 1 heterocycles. The fourth-order valence-corrected chi connectivity index (χ4v) is 3.93. The van der Waals surface area contributed by atoms with Crippen molar-refractivity contribution in [2.75, 3.05) is 0 Å². The SMILES string of the molecule is C/C1=c2\nc(-c3ccc(C#N)cc3)sc2=CC(C)CCC1. The Morgan fingerprint density at radius 1 is 1.29 bits per heavy atom. The molecule has 0 amide bonds. The van der Waals surface area contributed by atoms with Crippen LogP contribution >= 0.6 is 11.3 Å². The number of nitriles is 1. The monoisotopic (exact) mass is 294 g/mol. The minimum Gasteiger partial charge on any atom is -0.236 e. The summed E-state index contributed by atoms with van der Waals surface area (Å²) >= 11 is 1.76. The van der Waals surface area contributed by atoms with Gasteiger partial charge in [-0.1, -0.05) is 25.1 Å². The van der Waals surface area contributed by atoms with Crippen molar-refractivity contribution in [3.63, 3.8) is 0 Å². The molecular formula is C18H18N2S. The van der Waals surface area contributed by atoms with Gasteiger partial charge >= 0.3 is 0 Å². The summed E-state index contributed by atoms with van der Waals surface area (Å²) in [4.78, 5) is 4.86. The lowest BCUT2D eigenvalue weighted by atomic mass is 9.99. The van der Waals surface area contributed by atoms with Gasteiger partial charge in [-0.2, -0.15) is 5.26 Å². The Labute approximate surface area is 129 Å². The third-order valence-electron chi connectivity index (χ3n) is 3.97. The van der Waals surface area contributed by atoms with Crippen LogP contribution in [0.4, 0.5) is 0 Å². The normalized spacial score (nSPS) is 20.7. The van der Waals surface area contributed by atoms with Crippen LogP contribution in [-0.2, 0) is 0 Å². The average Bonchev–Trinajstić information content (AvgIpc) is 2.89. The Balaban J connectivity index is 2.14. The van der Waals surface area contributed by atoms with Gasteiger partial charge in [-0.3, -0.25) is 0 Å². The van der Waals surface area contributed by atoms with Gasteiger partial charge in [0.15, 0.2) is 0 Å².